The number of ether oxygens (including phenoxy) is 6. The second-order valence-electron chi connectivity index (χ2n) is 18.1. The predicted octanol–water partition coefficient (Wildman–Crippen LogP) is 4.45. The Morgan fingerprint density at radius 3 is 1.36 bits per heavy atom. The van der Waals surface area contributed by atoms with Crippen LogP contribution in [0.3, 0.4) is 0 Å². The lowest BCUT2D eigenvalue weighted by molar-refractivity contribution is -0.312. The molecule has 0 aromatic rings. The van der Waals surface area contributed by atoms with Crippen molar-refractivity contribution in [3.63, 3.8) is 0 Å². The highest BCUT2D eigenvalue weighted by atomic mass is 16.7. The molecule has 0 amide bonds. The number of aliphatic carboxylic acids is 1. The highest BCUT2D eigenvalue weighted by Crippen LogP contribution is 2.27. The molecule has 0 spiro atoms. The third-order valence-electron chi connectivity index (χ3n) is 11.7. The standard InChI is InChI=1S/C48H86O19/c1-6-10-14-18-32(51)22-38(66-48-47(61)46(60)45(59)40(30-49)67-48)28-43(57)64-36(20-16-12-8-3)24-34(53)26-42(56)65-37(21-17-13-9-4)27-39(62-31(5)50)29-44(58)63-35(19-15-11-7-2)23-33(52)25-41(54)55/h32-40,45-49,51-53,59-61H,6-30H2,1-5H3,(H,54,55)/t32-,33+,34+,35-,36-,37-,38-,39-,40+,45-,46-,47+,48+/m0/s1. The van der Waals surface area contributed by atoms with Gasteiger partial charge in [0.1, 0.15) is 48.8 Å². The van der Waals surface area contributed by atoms with Gasteiger partial charge in [-0.2, -0.15) is 0 Å². The predicted molar refractivity (Wildman–Crippen MR) is 243 cm³/mol. The molecule has 1 fully saturated rings. The third-order valence-corrected chi connectivity index (χ3v) is 11.7. The molecule has 1 saturated heterocycles. The Balaban J connectivity index is 3.13. The van der Waals surface area contributed by atoms with E-state index >= 15 is 0 Å². The van der Waals surface area contributed by atoms with Crippen molar-refractivity contribution in [1.29, 1.82) is 0 Å². The summed E-state index contributed by atoms with van der Waals surface area (Å²) in [6, 6.07) is 0. The quantitative estimate of drug-likeness (QED) is 0.0240. The van der Waals surface area contributed by atoms with Crippen molar-refractivity contribution in [1.82, 2.24) is 0 Å². The van der Waals surface area contributed by atoms with Crippen molar-refractivity contribution in [3.8, 4) is 0 Å². The average molecular weight is 967 g/mol. The van der Waals surface area contributed by atoms with Gasteiger partial charge in [0, 0.05) is 32.6 Å². The van der Waals surface area contributed by atoms with E-state index in [0.29, 0.717) is 51.4 Å². The largest absolute Gasteiger partial charge is 0.481 e. The van der Waals surface area contributed by atoms with Crippen LogP contribution >= 0.6 is 0 Å². The van der Waals surface area contributed by atoms with Gasteiger partial charge in [0.2, 0.25) is 0 Å². The molecule has 392 valence electrons. The number of carboxylic acids is 1. The number of carbonyl (C=O) groups is 5. The normalized spacial score (nSPS) is 22.1. The van der Waals surface area contributed by atoms with Crippen LogP contribution in [-0.4, -0.2) is 157 Å². The van der Waals surface area contributed by atoms with Crippen LogP contribution < -0.4 is 0 Å². The molecule has 1 rings (SSSR count). The molecule has 1 aliphatic rings. The number of rotatable bonds is 39. The zero-order valence-electron chi connectivity index (χ0n) is 40.8. The summed E-state index contributed by atoms with van der Waals surface area (Å²) in [5.41, 5.74) is 0. The van der Waals surface area contributed by atoms with E-state index in [0.717, 1.165) is 51.4 Å². The summed E-state index contributed by atoms with van der Waals surface area (Å²) in [7, 11) is 0. The van der Waals surface area contributed by atoms with Crippen LogP contribution in [0.25, 0.3) is 0 Å². The molecule has 8 N–H and O–H groups in total. The van der Waals surface area contributed by atoms with Gasteiger partial charge < -0.3 is 69.3 Å². The molecule has 0 bridgehead atoms. The minimum absolute atomic E-state index is 0.0563. The van der Waals surface area contributed by atoms with Gasteiger partial charge in [-0.05, 0) is 44.9 Å². The summed E-state index contributed by atoms with van der Waals surface area (Å²) in [4.78, 5) is 63.5. The Morgan fingerprint density at radius 2 is 0.910 bits per heavy atom. The van der Waals surface area contributed by atoms with Crippen LogP contribution in [0, 0.1) is 0 Å². The van der Waals surface area contributed by atoms with Gasteiger partial charge >= 0.3 is 29.8 Å². The highest BCUT2D eigenvalue weighted by Gasteiger charge is 2.45. The number of hydrogen-bond donors (Lipinski definition) is 8. The summed E-state index contributed by atoms with van der Waals surface area (Å²) in [6.07, 6.45) is -7.12. The topological polar surface area (TPSA) is 303 Å². The number of unbranched alkanes of at least 4 members (excludes halogenated alkanes) is 8. The van der Waals surface area contributed by atoms with E-state index in [9.17, 15) is 59.7 Å². The Morgan fingerprint density at radius 1 is 0.493 bits per heavy atom. The van der Waals surface area contributed by atoms with Gasteiger partial charge in [-0.25, -0.2) is 0 Å². The second-order valence-corrected chi connectivity index (χ2v) is 18.1. The van der Waals surface area contributed by atoms with Crippen molar-refractivity contribution in [2.45, 2.75) is 268 Å². The summed E-state index contributed by atoms with van der Waals surface area (Å²) in [5.74, 6) is -4.14. The molecule has 0 radical (unpaired) electrons. The number of carbonyl (C=O) groups excluding carboxylic acids is 4. The van der Waals surface area contributed by atoms with Crippen LogP contribution in [-0.2, 0) is 52.4 Å². The SMILES string of the molecule is CCCCC[C@H](O)C[C@@H](CC(=O)O[C@@H](CCCCC)C[C@@H](O)CC(=O)O[C@@H](CCCCC)C[C@@H](CC(=O)O[C@@H](CCCCC)C[C@@H](O)CC(=O)O)OC(C)=O)O[C@@H]1O[C@H](CO)[C@H](O)[C@H](O)[C@H]1O. The Hall–Kier alpha value is -3.01. The fourth-order valence-corrected chi connectivity index (χ4v) is 8.09. The first-order chi connectivity index (χ1) is 31.8. The third kappa shape index (κ3) is 28.3. The first-order valence-electron chi connectivity index (χ1n) is 24.8. The monoisotopic (exact) mass is 967 g/mol. The minimum atomic E-state index is -1.74. The zero-order valence-corrected chi connectivity index (χ0v) is 40.8. The lowest BCUT2D eigenvalue weighted by Gasteiger charge is -2.41. The maximum atomic E-state index is 13.5. The maximum Gasteiger partial charge on any atom is 0.309 e. The summed E-state index contributed by atoms with van der Waals surface area (Å²) < 4.78 is 34.2. The molecule has 1 heterocycles. The van der Waals surface area contributed by atoms with E-state index in [4.69, 9.17) is 33.5 Å². The van der Waals surface area contributed by atoms with E-state index < -0.39 is 135 Å². The molecule has 0 aliphatic carbocycles. The van der Waals surface area contributed by atoms with Gasteiger partial charge in [0.15, 0.2) is 6.29 Å². The maximum absolute atomic E-state index is 13.5. The minimum Gasteiger partial charge on any atom is -0.481 e. The van der Waals surface area contributed by atoms with Gasteiger partial charge in [0.25, 0.3) is 0 Å². The molecule has 19 heteroatoms. The summed E-state index contributed by atoms with van der Waals surface area (Å²) in [5, 5.41) is 82.2. The summed E-state index contributed by atoms with van der Waals surface area (Å²) in [6.45, 7) is 8.48. The fraction of sp³-hybridized carbons (Fsp3) is 0.896. The van der Waals surface area contributed by atoms with E-state index in [1.807, 2.05) is 27.7 Å². The fourth-order valence-electron chi connectivity index (χ4n) is 8.09. The van der Waals surface area contributed by atoms with Gasteiger partial charge in [0.05, 0.1) is 56.7 Å². The van der Waals surface area contributed by atoms with Crippen molar-refractivity contribution < 1.29 is 93.2 Å². The number of aliphatic hydroxyl groups is 7. The molecule has 67 heavy (non-hydrogen) atoms. The summed E-state index contributed by atoms with van der Waals surface area (Å²) >= 11 is 0. The number of aliphatic hydroxyl groups excluding tert-OH is 7. The highest BCUT2D eigenvalue weighted by molar-refractivity contribution is 5.72. The Kier molecular flexibility index (Phi) is 33.3. The van der Waals surface area contributed by atoms with Crippen molar-refractivity contribution in [2.75, 3.05) is 6.61 Å². The molecule has 1 aliphatic heterocycles. The zero-order chi connectivity index (χ0) is 50.3. The molecule has 13 atom stereocenters. The van der Waals surface area contributed by atoms with E-state index in [1.54, 1.807) is 0 Å². The van der Waals surface area contributed by atoms with Crippen LogP contribution in [0.2, 0.25) is 0 Å². The molecule has 0 aromatic carbocycles. The van der Waals surface area contributed by atoms with Crippen LogP contribution in [0.5, 0.6) is 0 Å². The lowest BCUT2D eigenvalue weighted by Crippen LogP contribution is -2.59. The van der Waals surface area contributed by atoms with E-state index in [1.165, 1.54) is 6.92 Å². The smallest absolute Gasteiger partial charge is 0.309 e. The molecule has 0 unspecified atom stereocenters. The second kappa shape index (κ2) is 36.0. The average Bonchev–Trinajstić information content (AvgIpc) is 3.23. The first kappa shape index (κ1) is 62.0. The van der Waals surface area contributed by atoms with E-state index in [-0.39, 0.29) is 32.1 Å². The first-order valence-corrected chi connectivity index (χ1v) is 24.8. The van der Waals surface area contributed by atoms with Crippen LogP contribution in [0.15, 0.2) is 0 Å². The molecular weight excluding hydrogens is 881 g/mol. The Bertz CT molecular complexity index is 1360. The molecule has 0 saturated carbocycles. The number of carboxylic acid groups (broad SMARTS) is 1. The van der Waals surface area contributed by atoms with Crippen molar-refractivity contribution in [3.05, 3.63) is 0 Å². The molecular formula is C48H86O19. The Labute approximate surface area is 397 Å². The van der Waals surface area contributed by atoms with E-state index in [2.05, 4.69) is 0 Å². The van der Waals surface area contributed by atoms with Crippen LogP contribution in [0.1, 0.15) is 189 Å². The molecule has 0 aromatic heterocycles. The van der Waals surface area contributed by atoms with Gasteiger partial charge in [-0.15, -0.1) is 0 Å². The number of hydrogen-bond acceptors (Lipinski definition) is 18. The van der Waals surface area contributed by atoms with Gasteiger partial charge in [-0.3, -0.25) is 24.0 Å². The lowest BCUT2D eigenvalue weighted by atomic mass is 9.98. The number of esters is 4. The van der Waals surface area contributed by atoms with Gasteiger partial charge in [-0.1, -0.05) is 85.5 Å². The van der Waals surface area contributed by atoms with Crippen molar-refractivity contribution >= 4 is 29.8 Å². The molecule has 19 nitrogen and oxygen atoms in total. The van der Waals surface area contributed by atoms with Crippen LogP contribution in [0.4, 0.5) is 0 Å². The van der Waals surface area contributed by atoms with Crippen molar-refractivity contribution in [2.24, 2.45) is 0 Å².